The smallest absolute Gasteiger partial charge is 0.328 e. The van der Waals surface area contributed by atoms with Gasteiger partial charge in [-0.3, -0.25) is 4.79 Å². The van der Waals surface area contributed by atoms with Gasteiger partial charge < -0.3 is 10.0 Å². The largest absolute Gasteiger partial charge is 0.478 e. The number of hydrogen-bond acceptors (Lipinski definition) is 4. The molecule has 0 aliphatic carbocycles. The molecule has 1 N–H and O–H groups in total. The first-order valence-electron chi connectivity index (χ1n) is 5.75. The molecule has 1 amide bonds. The number of rotatable bonds is 6. The van der Waals surface area contributed by atoms with E-state index in [1.54, 1.807) is 17.0 Å². The number of nitrogens with zero attached hydrogens (tertiary/aromatic N) is 2. The van der Waals surface area contributed by atoms with Crippen LogP contribution in [0, 0.1) is 11.3 Å². The Hall–Kier alpha value is -2.13. The van der Waals surface area contributed by atoms with Crippen LogP contribution in [-0.4, -0.2) is 35.0 Å². The van der Waals surface area contributed by atoms with Gasteiger partial charge in [0.1, 0.15) is 0 Å². The van der Waals surface area contributed by atoms with Crippen LogP contribution in [0.2, 0.25) is 0 Å². The molecule has 6 heteroatoms. The standard InChI is InChI=1S/C13H14N2O3S/c1-2-15(9-3-8-14)13(18)11-6-4-10(19-11)5-7-12(16)17/h4-7H,2-3,9H2,1H3,(H,16,17). The Morgan fingerprint density at radius 1 is 1.53 bits per heavy atom. The lowest BCUT2D eigenvalue weighted by Crippen LogP contribution is -2.31. The molecule has 0 aliphatic heterocycles. The molecule has 1 heterocycles. The highest BCUT2D eigenvalue weighted by Gasteiger charge is 2.15. The Labute approximate surface area is 115 Å². The summed E-state index contributed by atoms with van der Waals surface area (Å²) in [5.41, 5.74) is 0. The predicted molar refractivity (Wildman–Crippen MR) is 72.8 cm³/mol. The quantitative estimate of drug-likeness (QED) is 0.809. The minimum Gasteiger partial charge on any atom is -0.478 e. The van der Waals surface area contributed by atoms with Crippen molar-refractivity contribution in [2.45, 2.75) is 13.3 Å². The summed E-state index contributed by atoms with van der Waals surface area (Å²) >= 11 is 1.24. The Balaban J connectivity index is 2.77. The minimum absolute atomic E-state index is 0.127. The lowest BCUT2D eigenvalue weighted by molar-refractivity contribution is -0.131. The van der Waals surface area contributed by atoms with Crippen molar-refractivity contribution in [1.82, 2.24) is 4.90 Å². The number of carboxylic acids is 1. The Morgan fingerprint density at radius 3 is 2.84 bits per heavy atom. The third-order valence-electron chi connectivity index (χ3n) is 2.39. The first kappa shape index (κ1) is 14.9. The summed E-state index contributed by atoms with van der Waals surface area (Å²) in [6.07, 6.45) is 2.79. The first-order chi connectivity index (χ1) is 9.08. The number of carbonyl (C=O) groups is 2. The Bertz CT molecular complexity index is 528. The number of aliphatic carboxylic acids is 1. The topological polar surface area (TPSA) is 81.4 Å². The molecule has 1 aromatic rings. The molecule has 0 saturated carbocycles. The molecule has 0 atom stereocenters. The molecule has 0 spiro atoms. The van der Waals surface area contributed by atoms with Gasteiger partial charge in [-0.1, -0.05) is 0 Å². The van der Waals surface area contributed by atoms with Crippen molar-refractivity contribution in [3.63, 3.8) is 0 Å². The second kappa shape index (κ2) is 7.34. The van der Waals surface area contributed by atoms with Crippen molar-refractivity contribution in [2.24, 2.45) is 0 Å². The van der Waals surface area contributed by atoms with Gasteiger partial charge in [0.2, 0.25) is 0 Å². The van der Waals surface area contributed by atoms with Gasteiger partial charge in [-0.05, 0) is 25.1 Å². The van der Waals surface area contributed by atoms with Crippen LogP contribution in [0.3, 0.4) is 0 Å². The van der Waals surface area contributed by atoms with Crippen molar-refractivity contribution in [3.8, 4) is 6.07 Å². The molecule has 19 heavy (non-hydrogen) atoms. The number of amides is 1. The second-order valence-electron chi connectivity index (χ2n) is 3.67. The van der Waals surface area contributed by atoms with Crippen LogP contribution < -0.4 is 0 Å². The maximum absolute atomic E-state index is 12.1. The maximum Gasteiger partial charge on any atom is 0.328 e. The molecular formula is C13H14N2O3S. The van der Waals surface area contributed by atoms with Gasteiger partial charge in [-0.25, -0.2) is 4.79 Å². The number of hydrogen-bond donors (Lipinski definition) is 1. The molecule has 100 valence electrons. The maximum atomic E-state index is 12.1. The van der Waals surface area contributed by atoms with E-state index in [1.165, 1.54) is 17.4 Å². The third-order valence-corrected chi connectivity index (χ3v) is 3.43. The van der Waals surface area contributed by atoms with E-state index in [9.17, 15) is 9.59 Å². The predicted octanol–water partition coefficient (Wildman–Crippen LogP) is 2.22. The van der Waals surface area contributed by atoms with E-state index >= 15 is 0 Å². The molecule has 0 aliphatic rings. The number of thiophene rings is 1. The summed E-state index contributed by atoms with van der Waals surface area (Å²) in [6.45, 7) is 2.80. The molecule has 0 radical (unpaired) electrons. The molecule has 5 nitrogen and oxygen atoms in total. The second-order valence-corrected chi connectivity index (χ2v) is 4.78. The van der Waals surface area contributed by atoms with Gasteiger partial charge in [0.05, 0.1) is 17.4 Å². The van der Waals surface area contributed by atoms with Crippen LogP contribution >= 0.6 is 11.3 Å². The molecule has 0 saturated heterocycles. The van der Waals surface area contributed by atoms with Crippen LogP contribution in [0.25, 0.3) is 6.08 Å². The number of carbonyl (C=O) groups excluding carboxylic acids is 1. The van der Waals surface area contributed by atoms with E-state index < -0.39 is 5.97 Å². The lowest BCUT2D eigenvalue weighted by Gasteiger charge is -2.18. The SMILES string of the molecule is CCN(CCC#N)C(=O)c1ccc(C=CC(=O)O)s1. The molecule has 0 bridgehead atoms. The van der Waals surface area contributed by atoms with E-state index in [4.69, 9.17) is 10.4 Å². The number of carboxylic acid groups (broad SMARTS) is 1. The van der Waals surface area contributed by atoms with E-state index in [1.807, 2.05) is 13.0 Å². The highest BCUT2D eigenvalue weighted by molar-refractivity contribution is 7.14. The van der Waals surface area contributed by atoms with Crippen molar-refractivity contribution in [3.05, 3.63) is 28.0 Å². The van der Waals surface area contributed by atoms with Gasteiger partial charge in [0.25, 0.3) is 5.91 Å². The highest BCUT2D eigenvalue weighted by atomic mass is 32.1. The van der Waals surface area contributed by atoms with E-state index in [-0.39, 0.29) is 5.91 Å². The Morgan fingerprint density at radius 2 is 2.26 bits per heavy atom. The molecule has 0 unspecified atom stereocenters. The van der Waals surface area contributed by atoms with Crippen LogP contribution in [0.4, 0.5) is 0 Å². The third kappa shape index (κ3) is 4.56. The van der Waals surface area contributed by atoms with Crippen molar-refractivity contribution in [1.29, 1.82) is 5.26 Å². The fraction of sp³-hybridized carbons (Fsp3) is 0.308. The van der Waals surface area contributed by atoms with Crippen LogP contribution in [0.5, 0.6) is 0 Å². The average molecular weight is 278 g/mol. The summed E-state index contributed by atoms with van der Waals surface area (Å²) in [5, 5.41) is 17.1. The van der Waals surface area contributed by atoms with Crippen molar-refractivity contribution < 1.29 is 14.7 Å². The van der Waals surface area contributed by atoms with Gasteiger partial charge in [-0.15, -0.1) is 11.3 Å². The molecule has 1 aromatic heterocycles. The molecule has 0 aromatic carbocycles. The van der Waals surface area contributed by atoms with Gasteiger partial charge in [0, 0.05) is 24.0 Å². The van der Waals surface area contributed by atoms with E-state index in [0.717, 1.165) is 6.08 Å². The van der Waals surface area contributed by atoms with Crippen LogP contribution in [0.15, 0.2) is 18.2 Å². The molecule has 1 rings (SSSR count). The minimum atomic E-state index is -1.02. The summed E-state index contributed by atoms with van der Waals surface area (Å²) in [6, 6.07) is 5.38. The van der Waals surface area contributed by atoms with E-state index in [2.05, 4.69) is 0 Å². The fourth-order valence-corrected chi connectivity index (χ4v) is 2.33. The summed E-state index contributed by atoms with van der Waals surface area (Å²) in [7, 11) is 0. The zero-order valence-corrected chi connectivity index (χ0v) is 11.3. The molecular weight excluding hydrogens is 264 g/mol. The monoisotopic (exact) mass is 278 g/mol. The zero-order valence-electron chi connectivity index (χ0n) is 10.5. The fourth-order valence-electron chi connectivity index (χ4n) is 1.45. The van der Waals surface area contributed by atoms with E-state index in [0.29, 0.717) is 29.3 Å². The first-order valence-corrected chi connectivity index (χ1v) is 6.57. The van der Waals surface area contributed by atoms with Crippen molar-refractivity contribution in [2.75, 3.05) is 13.1 Å². The van der Waals surface area contributed by atoms with Gasteiger partial charge in [0.15, 0.2) is 0 Å². The van der Waals surface area contributed by atoms with Crippen LogP contribution in [-0.2, 0) is 4.79 Å². The van der Waals surface area contributed by atoms with Gasteiger partial charge in [-0.2, -0.15) is 5.26 Å². The average Bonchev–Trinajstić information content (AvgIpc) is 2.85. The number of nitriles is 1. The summed E-state index contributed by atoms with van der Waals surface area (Å²) < 4.78 is 0. The molecule has 0 fully saturated rings. The lowest BCUT2D eigenvalue weighted by atomic mass is 10.3. The van der Waals surface area contributed by atoms with Crippen LogP contribution in [0.1, 0.15) is 27.9 Å². The van der Waals surface area contributed by atoms with Crippen molar-refractivity contribution >= 4 is 29.3 Å². The summed E-state index contributed by atoms with van der Waals surface area (Å²) in [4.78, 5) is 25.4. The normalized spacial score (nSPS) is 10.3. The highest BCUT2D eigenvalue weighted by Crippen LogP contribution is 2.19. The Kier molecular flexibility index (Phi) is 5.76. The van der Waals surface area contributed by atoms with Gasteiger partial charge >= 0.3 is 5.97 Å². The summed E-state index contributed by atoms with van der Waals surface area (Å²) in [5.74, 6) is -1.15. The zero-order chi connectivity index (χ0) is 14.3.